The smallest absolute Gasteiger partial charge is 0.123 e. The van der Waals surface area contributed by atoms with Gasteiger partial charge in [-0.25, -0.2) is 4.39 Å². The Morgan fingerprint density at radius 2 is 2.10 bits per heavy atom. The van der Waals surface area contributed by atoms with Gasteiger partial charge in [-0.3, -0.25) is 0 Å². The van der Waals surface area contributed by atoms with Crippen molar-refractivity contribution in [3.8, 4) is 0 Å². The minimum atomic E-state index is -0.242. The van der Waals surface area contributed by atoms with E-state index < -0.39 is 0 Å². The number of rotatable bonds is 6. The van der Waals surface area contributed by atoms with Gasteiger partial charge in [-0.1, -0.05) is 19.1 Å². The lowest BCUT2D eigenvalue weighted by Gasteiger charge is -2.28. The van der Waals surface area contributed by atoms with Crippen LogP contribution in [0.15, 0.2) is 24.3 Å². The minimum absolute atomic E-state index is 0.0935. The molecule has 1 aromatic rings. The van der Waals surface area contributed by atoms with Crippen molar-refractivity contribution in [2.45, 2.75) is 50.9 Å². The van der Waals surface area contributed by atoms with E-state index in [0.717, 1.165) is 31.4 Å². The molecule has 0 amide bonds. The number of hydrogen-bond acceptors (Lipinski definition) is 3. The molecule has 3 unspecified atom stereocenters. The highest BCUT2D eigenvalue weighted by Crippen LogP contribution is 2.24. The van der Waals surface area contributed by atoms with Gasteiger partial charge in [0.15, 0.2) is 0 Å². The molecule has 112 valence electrons. The van der Waals surface area contributed by atoms with Gasteiger partial charge < -0.3 is 15.2 Å². The second kappa shape index (κ2) is 7.72. The Balaban J connectivity index is 1.97. The summed E-state index contributed by atoms with van der Waals surface area (Å²) in [5.41, 5.74) is 7.07. The Morgan fingerprint density at radius 1 is 1.35 bits per heavy atom. The number of halogens is 1. The van der Waals surface area contributed by atoms with Crippen LogP contribution in [-0.2, 0) is 9.47 Å². The molecule has 0 aliphatic carbocycles. The second-order valence-corrected chi connectivity index (χ2v) is 5.37. The summed E-state index contributed by atoms with van der Waals surface area (Å²) < 4.78 is 24.7. The fraction of sp³-hybridized carbons (Fsp3) is 0.625. The summed E-state index contributed by atoms with van der Waals surface area (Å²) in [5.74, 6) is -0.242. The highest BCUT2D eigenvalue weighted by atomic mass is 19.1. The lowest BCUT2D eigenvalue weighted by molar-refractivity contribution is -0.0695. The number of benzene rings is 1. The van der Waals surface area contributed by atoms with Crippen LogP contribution in [0.5, 0.6) is 0 Å². The molecule has 0 radical (unpaired) electrons. The average molecular weight is 281 g/mol. The van der Waals surface area contributed by atoms with Crippen molar-refractivity contribution in [1.29, 1.82) is 0 Å². The molecule has 1 heterocycles. The summed E-state index contributed by atoms with van der Waals surface area (Å²) >= 11 is 0. The Hall–Kier alpha value is -0.970. The van der Waals surface area contributed by atoms with E-state index >= 15 is 0 Å². The van der Waals surface area contributed by atoms with E-state index in [9.17, 15) is 4.39 Å². The van der Waals surface area contributed by atoms with Crippen LogP contribution in [0, 0.1) is 5.82 Å². The molecule has 20 heavy (non-hydrogen) atoms. The van der Waals surface area contributed by atoms with Gasteiger partial charge in [0.05, 0.1) is 18.8 Å². The standard InChI is InChI=1S/C16H24FNO2/c1-2-15(18)16(12-6-8-13(17)9-7-12)20-11-14-5-3-4-10-19-14/h6-9,14-16H,2-5,10-11,18H2,1H3. The predicted octanol–water partition coefficient (Wildman–Crippen LogP) is 3.19. The van der Waals surface area contributed by atoms with Crippen LogP contribution in [0.4, 0.5) is 4.39 Å². The number of nitrogens with two attached hydrogens (primary N) is 1. The van der Waals surface area contributed by atoms with Crippen molar-refractivity contribution >= 4 is 0 Å². The first kappa shape index (κ1) is 15.4. The zero-order valence-electron chi connectivity index (χ0n) is 12.1. The summed E-state index contributed by atoms with van der Waals surface area (Å²) in [6.07, 6.45) is 4.13. The maximum Gasteiger partial charge on any atom is 0.123 e. The maximum absolute atomic E-state index is 13.0. The van der Waals surface area contributed by atoms with Gasteiger partial charge in [0.2, 0.25) is 0 Å². The van der Waals surface area contributed by atoms with Crippen LogP contribution < -0.4 is 5.73 Å². The van der Waals surface area contributed by atoms with Crippen LogP contribution in [0.25, 0.3) is 0 Å². The van der Waals surface area contributed by atoms with E-state index in [2.05, 4.69) is 0 Å². The molecule has 4 heteroatoms. The van der Waals surface area contributed by atoms with Crippen LogP contribution in [0.3, 0.4) is 0 Å². The zero-order valence-corrected chi connectivity index (χ0v) is 12.1. The molecule has 2 rings (SSSR count). The maximum atomic E-state index is 13.0. The molecular formula is C16H24FNO2. The molecule has 3 atom stereocenters. The Morgan fingerprint density at radius 3 is 2.70 bits per heavy atom. The van der Waals surface area contributed by atoms with Crippen molar-refractivity contribution in [1.82, 2.24) is 0 Å². The average Bonchev–Trinajstić information content (AvgIpc) is 2.50. The zero-order chi connectivity index (χ0) is 14.4. The summed E-state index contributed by atoms with van der Waals surface area (Å²) in [6.45, 7) is 3.40. The molecule has 1 aromatic carbocycles. The van der Waals surface area contributed by atoms with Gasteiger partial charge in [-0.15, -0.1) is 0 Å². The quantitative estimate of drug-likeness (QED) is 0.871. The van der Waals surface area contributed by atoms with E-state index in [4.69, 9.17) is 15.2 Å². The molecule has 0 spiro atoms. The Kier molecular flexibility index (Phi) is 5.95. The summed E-state index contributed by atoms with van der Waals surface area (Å²) in [7, 11) is 0. The number of hydrogen-bond donors (Lipinski definition) is 1. The van der Waals surface area contributed by atoms with Crippen molar-refractivity contribution < 1.29 is 13.9 Å². The van der Waals surface area contributed by atoms with Gasteiger partial charge in [0.25, 0.3) is 0 Å². The lowest BCUT2D eigenvalue weighted by atomic mass is 10.0. The first-order valence-electron chi connectivity index (χ1n) is 7.45. The van der Waals surface area contributed by atoms with E-state index in [1.54, 1.807) is 12.1 Å². The predicted molar refractivity (Wildman–Crippen MR) is 77.0 cm³/mol. The summed E-state index contributed by atoms with van der Waals surface area (Å²) in [5, 5.41) is 0. The molecule has 2 N–H and O–H groups in total. The second-order valence-electron chi connectivity index (χ2n) is 5.37. The Labute approximate surface area is 120 Å². The lowest BCUT2D eigenvalue weighted by Crippen LogP contribution is -2.33. The molecular weight excluding hydrogens is 257 g/mol. The molecule has 3 nitrogen and oxygen atoms in total. The summed E-state index contributed by atoms with van der Waals surface area (Å²) in [4.78, 5) is 0. The normalized spacial score (nSPS) is 22.4. The topological polar surface area (TPSA) is 44.5 Å². The molecule has 1 saturated heterocycles. The third-order valence-electron chi connectivity index (χ3n) is 3.79. The van der Waals surface area contributed by atoms with Gasteiger partial charge in [0, 0.05) is 12.6 Å². The highest BCUT2D eigenvalue weighted by molar-refractivity contribution is 5.20. The first-order chi connectivity index (χ1) is 9.70. The van der Waals surface area contributed by atoms with Gasteiger partial charge in [-0.2, -0.15) is 0 Å². The van der Waals surface area contributed by atoms with Crippen molar-refractivity contribution in [3.63, 3.8) is 0 Å². The molecule has 0 saturated carbocycles. The molecule has 0 bridgehead atoms. The van der Waals surface area contributed by atoms with Crippen molar-refractivity contribution in [2.24, 2.45) is 5.73 Å². The molecule has 1 aliphatic rings. The van der Waals surface area contributed by atoms with Crippen molar-refractivity contribution in [3.05, 3.63) is 35.6 Å². The van der Waals surface area contributed by atoms with Gasteiger partial charge in [-0.05, 0) is 43.4 Å². The van der Waals surface area contributed by atoms with E-state index in [1.807, 2.05) is 6.92 Å². The highest BCUT2D eigenvalue weighted by Gasteiger charge is 2.22. The first-order valence-corrected chi connectivity index (χ1v) is 7.45. The SMILES string of the molecule is CCC(N)C(OCC1CCCCO1)c1ccc(F)cc1. The summed E-state index contributed by atoms with van der Waals surface area (Å²) in [6, 6.07) is 6.30. The van der Waals surface area contributed by atoms with Crippen molar-refractivity contribution in [2.75, 3.05) is 13.2 Å². The third kappa shape index (κ3) is 4.27. The fourth-order valence-electron chi connectivity index (χ4n) is 2.48. The molecule has 1 aliphatic heterocycles. The minimum Gasteiger partial charge on any atom is -0.376 e. The van der Waals surface area contributed by atoms with E-state index in [1.165, 1.54) is 18.6 Å². The van der Waals surface area contributed by atoms with Gasteiger partial charge >= 0.3 is 0 Å². The van der Waals surface area contributed by atoms with E-state index in [-0.39, 0.29) is 24.1 Å². The monoisotopic (exact) mass is 281 g/mol. The third-order valence-corrected chi connectivity index (χ3v) is 3.79. The fourth-order valence-corrected chi connectivity index (χ4v) is 2.48. The Bertz CT molecular complexity index is 390. The molecule has 1 fully saturated rings. The van der Waals surface area contributed by atoms with Crippen LogP contribution in [0.1, 0.15) is 44.3 Å². The van der Waals surface area contributed by atoms with E-state index in [0.29, 0.717) is 6.61 Å². The molecule has 0 aromatic heterocycles. The largest absolute Gasteiger partial charge is 0.376 e. The number of ether oxygens (including phenoxy) is 2. The van der Waals surface area contributed by atoms with Gasteiger partial charge in [0.1, 0.15) is 5.82 Å². The van der Waals surface area contributed by atoms with Crippen LogP contribution >= 0.6 is 0 Å². The van der Waals surface area contributed by atoms with Crippen LogP contribution in [0.2, 0.25) is 0 Å². The van der Waals surface area contributed by atoms with Crippen LogP contribution in [-0.4, -0.2) is 25.4 Å².